The Labute approximate surface area is 114 Å². The third kappa shape index (κ3) is 2.96. The Morgan fingerprint density at radius 2 is 2.16 bits per heavy atom. The monoisotopic (exact) mass is 261 g/mol. The molecule has 0 amide bonds. The number of imidazole rings is 1. The lowest BCUT2D eigenvalue weighted by Crippen LogP contribution is -2.15. The van der Waals surface area contributed by atoms with E-state index in [1.165, 1.54) is 5.56 Å². The standard InChI is InChI=1S/C15H23N3O/c1-11(2)12-4-5-14-13(10-12)17-15(6-7-16-3)18(14)8-9-19/h4-5,10-11,16,19H,6-9H2,1-3H3. The fourth-order valence-corrected chi connectivity index (χ4v) is 2.33. The number of aliphatic hydroxyl groups excluding tert-OH is 1. The van der Waals surface area contributed by atoms with Crippen LogP contribution in [-0.4, -0.2) is 34.9 Å². The van der Waals surface area contributed by atoms with E-state index >= 15 is 0 Å². The first kappa shape index (κ1) is 14.0. The number of nitrogens with one attached hydrogen (secondary N) is 1. The molecule has 0 saturated heterocycles. The Morgan fingerprint density at radius 1 is 1.37 bits per heavy atom. The zero-order valence-corrected chi connectivity index (χ0v) is 12.0. The van der Waals surface area contributed by atoms with Crippen LogP contribution in [0.4, 0.5) is 0 Å². The van der Waals surface area contributed by atoms with Crippen LogP contribution in [-0.2, 0) is 13.0 Å². The highest BCUT2D eigenvalue weighted by atomic mass is 16.3. The van der Waals surface area contributed by atoms with Crippen LogP contribution in [0.5, 0.6) is 0 Å². The molecule has 0 fully saturated rings. The normalized spacial score (nSPS) is 11.6. The van der Waals surface area contributed by atoms with Crippen LogP contribution in [0.15, 0.2) is 18.2 Å². The fourth-order valence-electron chi connectivity index (χ4n) is 2.33. The third-order valence-electron chi connectivity index (χ3n) is 3.44. The van der Waals surface area contributed by atoms with Crippen LogP contribution in [0.1, 0.15) is 31.2 Å². The molecule has 1 aromatic carbocycles. The first-order chi connectivity index (χ1) is 9.17. The first-order valence-corrected chi connectivity index (χ1v) is 6.92. The van der Waals surface area contributed by atoms with Gasteiger partial charge in [0, 0.05) is 19.5 Å². The maximum Gasteiger partial charge on any atom is 0.111 e. The van der Waals surface area contributed by atoms with Gasteiger partial charge in [0.2, 0.25) is 0 Å². The zero-order chi connectivity index (χ0) is 13.8. The van der Waals surface area contributed by atoms with Gasteiger partial charge in [0.25, 0.3) is 0 Å². The summed E-state index contributed by atoms with van der Waals surface area (Å²) >= 11 is 0. The lowest BCUT2D eigenvalue weighted by atomic mass is 10.0. The first-order valence-electron chi connectivity index (χ1n) is 6.92. The van der Waals surface area contributed by atoms with E-state index in [0.29, 0.717) is 12.5 Å². The number of hydrogen-bond donors (Lipinski definition) is 2. The summed E-state index contributed by atoms with van der Waals surface area (Å²) in [5, 5.41) is 12.4. The van der Waals surface area contributed by atoms with E-state index in [1.54, 1.807) is 0 Å². The number of hydrogen-bond acceptors (Lipinski definition) is 3. The topological polar surface area (TPSA) is 50.1 Å². The molecule has 0 aliphatic heterocycles. The van der Waals surface area contributed by atoms with Crippen LogP contribution < -0.4 is 5.32 Å². The van der Waals surface area contributed by atoms with E-state index in [-0.39, 0.29) is 6.61 Å². The Morgan fingerprint density at radius 3 is 2.79 bits per heavy atom. The van der Waals surface area contributed by atoms with Crippen LogP contribution in [0, 0.1) is 0 Å². The highest BCUT2D eigenvalue weighted by molar-refractivity contribution is 5.77. The lowest BCUT2D eigenvalue weighted by Gasteiger charge is -2.08. The predicted octanol–water partition coefficient (Wildman–Crippen LogP) is 1.91. The molecule has 2 N–H and O–H groups in total. The average Bonchev–Trinajstić information content (AvgIpc) is 2.74. The highest BCUT2D eigenvalue weighted by Crippen LogP contribution is 2.22. The SMILES string of the molecule is CNCCc1nc2cc(C(C)C)ccc2n1CCO. The molecule has 2 aromatic rings. The second-order valence-electron chi connectivity index (χ2n) is 5.16. The molecule has 0 radical (unpaired) electrons. The molecule has 0 unspecified atom stereocenters. The minimum Gasteiger partial charge on any atom is -0.395 e. The number of likely N-dealkylation sites (N-methyl/N-ethyl adjacent to an activating group) is 1. The second-order valence-corrected chi connectivity index (χ2v) is 5.16. The van der Waals surface area contributed by atoms with Gasteiger partial charge in [-0.15, -0.1) is 0 Å². The van der Waals surface area contributed by atoms with Crippen molar-refractivity contribution < 1.29 is 5.11 Å². The molecule has 1 heterocycles. The molecule has 1 aromatic heterocycles. The van der Waals surface area contributed by atoms with Gasteiger partial charge in [-0.3, -0.25) is 0 Å². The van der Waals surface area contributed by atoms with Gasteiger partial charge in [0.1, 0.15) is 5.82 Å². The minimum absolute atomic E-state index is 0.143. The van der Waals surface area contributed by atoms with Crippen molar-refractivity contribution in [2.75, 3.05) is 20.2 Å². The number of benzene rings is 1. The predicted molar refractivity (Wildman–Crippen MR) is 78.5 cm³/mol. The number of nitrogens with zero attached hydrogens (tertiary/aromatic N) is 2. The molecule has 104 valence electrons. The van der Waals surface area contributed by atoms with E-state index in [9.17, 15) is 5.11 Å². The Balaban J connectivity index is 2.45. The Hall–Kier alpha value is -1.39. The molecule has 0 aliphatic carbocycles. The van der Waals surface area contributed by atoms with Gasteiger partial charge in [-0.25, -0.2) is 4.98 Å². The van der Waals surface area contributed by atoms with Gasteiger partial charge in [0.15, 0.2) is 0 Å². The Kier molecular flexibility index (Phi) is 4.56. The summed E-state index contributed by atoms with van der Waals surface area (Å²) in [6.45, 7) is 6.02. The van der Waals surface area contributed by atoms with Crippen LogP contribution >= 0.6 is 0 Å². The van der Waals surface area contributed by atoms with E-state index in [4.69, 9.17) is 4.98 Å². The number of fused-ring (bicyclic) bond motifs is 1. The van der Waals surface area contributed by atoms with Crippen molar-refractivity contribution in [1.82, 2.24) is 14.9 Å². The third-order valence-corrected chi connectivity index (χ3v) is 3.44. The minimum atomic E-state index is 0.143. The number of rotatable bonds is 6. The molecule has 0 bridgehead atoms. The summed E-state index contributed by atoms with van der Waals surface area (Å²) < 4.78 is 2.12. The maximum absolute atomic E-state index is 9.23. The van der Waals surface area contributed by atoms with Gasteiger partial charge < -0.3 is 15.0 Å². The lowest BCUT2D eigenvalue weighted by molar-refractivity contribution is 0.276. The smallest absolute Gasteiger partial charge is 0.111 e. The summed E-state index contributed by atoms with van der Waals surface area (Å²) in [6, 6.07) is 6.44. The molecule has 2 rings (SSSR count). The van der Waals surface area contributed by atoms with Gasteiger partial charge in [0.05, 0.1) is 17.6 Å². The molecule has 0 spiro atoms. The number of aliphatic hydroxyl groups is 1. The Bertz CT molecular complexity index is 546. The van der Waals surface area contributed by atoms with Gasteiger partial charge >= 0.3 is 0 Å². The summed E-state index contributed by atoms with van der Waals surface area (Å²) in [5.41, 5.74) is 3.46. The van der Waals surface area contributed by atoms with Gasteiger partial charge in [-0.2, -0.15) is 0 Å². The van der Waals surface area contributed by atoms with Gasteiger partial charge in [-0.05, 0) is 30.7 Å². The van der Waals surface area contributed by atoms with E-state index in [1.807, 2.05) is 7.05 Å². The molecule has 0 saturated carbocycles. The summed E-state index contributed by atoms with van der Waals surface area (Å²) in [5.74, 6) is 1.55. The number of aromatic nitrogens is 2. The van der Waals surface area contributed by atoms with Crippen molar-refractivity contribution in [2.24, 2.45) is 0 Å². The highest BCUT2D eigenvalue weighted by Gasteiger charge is 2.11. The van der Waals surface area contributed by atoms with Crippen molar-refractivity contribution >= 4 is 11.0 Å². The second kappa shape index (κ2) is 6.17. The van der Waals surface area contributed by atoms with Crippen molar-refractivity contribution in [3.8, 4) is 0 Å². The van der Waals surface area contributed by atoms with E-state index in [2.05, 4.69) is 41.9 Å². The van der Waals surface area contributed by atoms with Crippen molar-refractivity contribution in [3.63, 3.8) is 0 Å². The fraction of sp³-hybridized carbons (Fsp3) is 0.533. The molecule has 4 nitrogen and oxygen atoms in total. The molecular formula is C15H23N3O. The van der Waals surface area contributed by atoms with Crippen LogP contribution in [0.3, 0.4) is 0 Å². The van der Waals surface area contributed by atoms with E-state index < -0.39 is 0 Å². The largest absolute Gasteiger partial charge is 0.395 e. The van der Waals surface area contributed by atoms with Crippen molar-refractivity contribution in [2.45, 2.75) is 32.7 Å². The summed E-state index contributed by atoms with van der Waals surface area (Å²) in [4.78, 5) is 4.72. The summed E-state index contributed by atoms with van der Waals surface area (Å²) in [7, 11) is 1.94. The van der Waals surface area contributed by atoms with Crippen molar-refractivity contribution in [1.29, 1.82) is 0 Å². The maximum atomic E-state index is 9.23. The quantitative estimate of drug-likeness (QED) is 0.835. The molecule has 4 heteroatoms. The van der Waals surface area contributed by atoms with Crippen molar-refractivity contribution in [3.05, 3.63) is 29.6 Å². The molecule has 19 heavy (non-hydrogen) atoms. The van der Waals surface area contributed by atoms with Gasteiger partial charge in [-0.1, -0.05) is 19.9 Å². The van der Waals surface area contributed by atoms with Crippen LogP contribution in [0.25, 0.3) is 11.0 Å². The molecule has 0 atom stereocenters. The molecular weight excluding hydrogens is 238 g/mol. The van der Waals surface area contributed by atoms with Crippen LogP contribution in [0.2, 0.25) is 0 Å². The zero-order valence-electron chi connectivity index (χ0n) is 12.0. The molecule has 0 aliphatic rings. The summed E-state index contributed by atoms with van der Waals surface area (Å²) in [6.07, 6.45) is 0.877. The average molecular weight is 261 g/mol. The van der Waals surface area contributed by atoms with E-state index in [0.717, 1.165) is 29.8 Å².